The van der Waals surface area contributed by atoms with Gasteiger partial charge in [-0.1, -0.05) is 4.49 Å². The smallest absolute Gasteiger partial charge is 0.329 e. The average Bonchev–Trinajstić information content (AvgIpc) is 2.63. The van der Waals surface area contributed by atoms with Crippen molar-refractivity contribution >= 4 is 23.4 Å². The Morgan fingerprint density at radius 2 is 2.31 bits per heavy atom. The lowest BCUT2D eigenvalue weighted by molar-refractivity contribution is -0.142. The summed E-state index contributed by atoms with van der Waals surface area (Å²) in [5.41, 5.74) is 0.578. The Bertz CT molecular complexity index is 379. The van der Waals surface area contributed by atoms with Crippen LogP contribution >= 0.6 is 11.5 Å². The van der Waals surface area contributed by atoms with Crippen molar-refractivity contribution in [2.24, 2.45) is 0 Å². The molecule has 0 radical (unpaired) electrons. The van der Waals surface area contributed by atoms with Crippen LogP contribution in [0.3, 0.4) is 0 Å². The highest BCUT2D eigenvalue weighted by Gasteiger charge is 2.11. The van der Waals surface area contributed by atoms with Gasteiger partial charge in [0.15, 0.2) is 0 Å². The molecule has 0 aliphatic carbocycles. The number of hydrogen-bond acceptors (Lipinski definition) is 6. The number of aliphatic carboxylic acids is 1. The van der Waals surface area contributed by atoms with Gasteiger partial charge >= 0.3 is 5.97 Å². The van der Waals surface area contributed by atoms with E-state index in [-0.39, 0.29) is 25.7 Å². The van der Waals surface area contributed by atoms with Crippen molar-refractivity contribution < 1.29 is 19.4 Å². The number of carbonyl (C=O) groups excluding carboxylic acids is 1. The SMILES string of the molecule is Cc1nnsc1C(=O)NCCOCC(=O)O. The predicted octanol–water partition coefficient (Wildman–Crippen LogP) is -0.322. The van der Waals surface area contributed by atoms with Crippen molar-refractivity contribution in [1.29, 1.82) is 0 Å². The molecule has 0 bridgehead atoms. The number of hydrogen-bond donors (Lipinski definition) is 2. The van der Waals surface area contributed by atoms with Gasteiger partial charge in [0.05, 0.1) is 12.3 Å². The number of ether oxygens (including phenoxy) is 1. The minimum Gasteiger partial charge on any atom is -0.480 e. The highest BCUT2D eigenvalue weighted by molar-refractivity contribution is 7.07. The summed E-state index contributed by atoms with van der Waals surface area (Å²) < 4.78 is 8.38. The maximum absolute atomic E-state index is 11.5. The van der Waals surface area contributed by atoms with Crippen LogP contribution < -0.4 is 5.32 Å². The Kier molecular flexibility index (Phi) is 4.80. The molecule has 1 rings (SSSR count). The van der Waals surface area contributed by atoms with E-state index in [0.717, 1.165) is 11.5 Å². The number of nitrogens with zero attached hydrogens (tertiary/aromatic N) is 2. The van der Waals surface area contributed by atoms with Crippen molar-refractivity contribution in [3.63, 3.8) is 0 Å². The van der Waals surface area contributed by atoms with Crippen LogP contribution in [0.1, 0.15) is 15.4 Å². The van der Waals surface area contributed by atoms with Gasteiger partial charge < -0.3 is 15.2 Å². The molecule has 88 valence electrons. The summed E-state index contributed by atoms with van der Waals surface area (Å²) in [5.74, 6) is -1.31. The summed E-state index contributed by atoms with van der Waals surface area (Å²) in [4.78, 5) is 22.0. The minimum absolute atomic E-state index is 0.156. The van der Waals surface area contributed by atoms with Gasteiger partial charge in [-0.15, -0.1) is 5.10 Å². The van der Waals surface area contributed by atoms with Crippen LogP contribution in [0.15, 0.2) is 0 Å². The Hall–Kier alpha value is -1.54. The Labute approximate surface area is 95.6 Å². The molecule has 7 nitrogen and oxygen atoms in total. The van der Waals surface area contributed by atoms with E-state index in [1.807, 2.05) is 0 Å². The van der Waals surface area contributed by atoms with Crippen LogP contribution in [-0.2, 0) is 9.53 Å². The van der Waals surface area contributed by atoms with Gasteiger partial charge in [0.25, 0.3) is 5.91 Å². The monoisotopic (exact) mass is 245 g/mol. The number of aromatic nitrogens is 2. The number of amides is 1. The van der Waals surface area contributed by atoms with E-state index < -0.39 is 5.97 Å². The first kappa shape index (κ1) is 12.5. The number of carboxylic acids is 1. The standard InChI is InChI=1S/C8H11N3O4S/c1-5-7(16-11-10-5)8(14)9-2-3-15-4-6(12)13/h2-4H2,1H3,(H,9,14)(H,12,13). The van der Waals surface area contributed by atoms with Crippen molar-refractivity contribution in [1.82, 2.24) is 14.9 Å². The van der Waals surface area contributed by atoms with Crippen LogP contribution in [0, 0.1) is 6.92 Å². The molecule has 0 atom stereocenters. The third kappa shape index (κ3) is 3.91. The lowest BCUT2D eigenvalue weighted by atomic mass is 10.4. The van der Waals surface area contributed by atoms with Crippen LogP contribution in [0.4, 0.5) is 0 Å². The zero-order chi connectivity index (χ0) is 12.0. The van der Waals surface area contributed by atoms with Crippen LogP contribution in [0.2, 0.25) is 0 Å². The lowest BCUT2D eigenvalue weighted by Crippen LogP contribution is -2.27. The molecule has 0 fully saturated rings. The number of carbonyl (C=O) groups is 2. The van der Waals surface area contributed by atoms with E-state index in [1.54, 1.807) is 6.92 Å². The van der Waals surface area contributed by atoms with Gasteiger partial charge in [-0.05, 0) is 18.5 Å². The molecule has 0 saturated heterocycles. The van der Waals surface area contributed by atoms with Crippen LogP contribution in [0.25, 0.3) is 0 Å². The molecule has 0 spiro atoms. The topological polar surface area (TPSA) is 101 Å². The molecule has 1 heterocycles. The first-order chi connectivity index (χ1) is 7.61. The first-order valence-electron chi connectivity index (χ1n) is 4.48. The van der Waals surface area contributed by atoms with Gasteiger partial charge in [-0.3, -0.25) is 4.79 Å². The molecule has 8 heteroatoms. The fourth-order valence-electron chi connectivity index (χ4n) is 0.916. The van der Waals surface area contributed by atoms with E-state index in [2.05, 4.69) is 14.9 Å². The van der Waals surface area contributed by atoms with Crippen molar-refractivity contribution in [2.45, 2.75) is 6.92 Å². The number of carboxylic acid groups (broad SMARTS) is 1. The van der Waals surface area contributed by atoms with Gasteiger partial charge in [-0.25, -0.2) is 4.79 Å². The van der Waals surface area contributed by atoms with E-state index in [9.17, 15) is 9.59 Å². The van der Waals surface area contributed by atoms with Gasteiger partial charge in [0.2, 0.25) is 0 Å². The third-order valence-corrected chi connectivity index (χ3v) is 2.44. The van der Waals surface area contributed by atoms with E-state index in [0.29, 0.717) is 10.6 Å². The summed E-state index contributed by atoms with van der Waals surface area (Å²) in [6.07, 6.45) is 0. The largest absolute Gasteiger partial charge is 0.480 e. The molecule has 2 N–H and O–H groups in total. The summed E-state index contributed by atoms with van der Waals surface area (Å²) in [5, 5.41) is 14.6. The molecule has 0 aliphatic rings. The number of rotatable bonds is 6. The quantitative estimate of drug-likeness (QED) is 0.666. The highest BCUT2D eigenvalue weighted by Crippen LogP contribution is 2.07. The van der Waals surface area contributed by atoms with Crippen molar-refractivity contribution in [3.8, 4) is 0 Å². The fourth-order valence-corrected chi connectivity index (χ4v) is 1.49. The Morgan fingerprint density at radius 3 is 2.88 bits per heavy atom. The Morgan fingerprint density at radius 1 is 1.56 bits per heavy atom. The zero-order valence-electron chi connectivity index (χ0n) is 8.60. The van der Waals surface area contributed by atoms with Gasteiger partial charge in [-0.2, -0.15) is 0 Å². The van der Waals surface area contributed by atoms with Crippen LogP contribution in [-0.4, -0.2) is 46.3 Å². The molecule has 1 aromatic rings. The number of nitrogens with one attached hydrogen (secondary N) is 1. The van der Waals surface area contributed by atoms with E-state index in [1.165, 1.54) is 0 Å². The molecule has 1 amide bonds. The molecule has 0 unspecified atom stereocenters. The average molecular weight is 245 g/mol. The Balaban J connectivity index is 2.21. The first-order valence-corrected chi connectivity index (χ1v) is 5.25. The maximum Gasteiger partial charge on any atom is 0.329 e. The third-order valence-electron chi connectivity index (χ3n) is 1.62. The van der Waals surface area contributed by atoms with Crippen LogP contribution in [0.5, 0.6) is 0 Å². The second kappa shape index (κ2) is 6.13. The molecular formula is C8H11N3O4S. The second-order valence-corrected chi connectivity index (χ2v) is 3.64. The maximum atomic E-state index is 11.5. The summed E-state index contributed by atoms with van der Waals surface area (Å²) in [6.45, 7) is 1.74. The minimum atomic E-state index is -1.03. The summed E-state index contributed by atoms with van der Waals surface area (Å²) in [7, 11) is 0. The zero-order valence-corrected chi connectivity index (χ0v) is 9.41. The van der Waals surface area contributed by atoms with Gasteiger partial charge in [0, 0.05) is 6.54 Å². The summed E-state index contributed by atoms with van der Waals surface area (Å²) in [6, 6.07) is 0. The molecule has 0 aromatic carbocycles. The molecule has 1 aromatic heterocycles. The van der Waals surface area contributed by atoms with Crippen molar-refractivity contribution in [2.75, 3.05) is 19.8 Å². The highest BCUT2D eigenvalue weighted by atomic mass is 32.1. The number of aryl methyl sites for hydroxylation is 1. The summed E-state index contributed by atoms with van der Waals surface area (Å²) >= 11 is 1.02. The van der Waals surface area contributed by atoms with E-state index >= 15 is 0 Å². The predicted molar refractivity (Wildman–Crippen MR) is 55.4 cm³/mol. The van der Waals surface area contributed by atoms with Crippen molar-refractivity contribution in [3.05, 3.63) is 10.6 Å². The molecular weight excluding hydrogens is 234 g/mol. The normalized spacial score (nSPS) is 10.1. The second-order valence-electron chi connectivity index (χ2n) is 2.89. The molecule has 16 heavy (non-hydrogen) atoms. The van der Waals surface area contributed by atoms with E-state index in [4.69, 9.17) is 9.84 Å². The van der Waals surface area contributed by atoms with Gasteiger partial charge in [0.1, 0.15) is 11.5 Å². The lowest BCUT2D eigenvalue weighted by Gasteiger charge is -2.03. The fraction of sp³-hybridized carbons (Fsp3) is 0.500. The molecule has 0 saturated carbocycles. The molecule has 0 aliphatic heterocycles.